The minimum atomic E-state index is -0.227. The number of anilines is 1. The molecule has 0 aliphatic carbocycles. The van der Waals surface area contributed by atoms with Crippen LogP contribution in [0.5, 0.6) is 0 Å². The van der Waals surface area contributed by atoms with Gasteiger partial charge in [0.15, 0.2) is 0 Å². The van der Waals surface area contributed by atoms with Crippen LogP contribution in [0.4, 0.5) is 10.1 Å². The minimum absolute atomic E-state index is 0.144. The van der Waals surface area contributed by atoms with Gasteiger partial charge in [0.25, 0.3) is 0 Å². The van der Waals surface area contributed by atoms with Gasteiger partial charge in [-0.05, 0) is 30.7 Å². The molecule has 1 aliphatic heterocycles. The zero-order chi connectivity index (χ0) is 12.3. The summed E-state index contributed by atoms with van der Waals surface area (Å²) in [4.78, 5) is 2.37. The zero-order valence-electron chi connectivity index (χ0n) is 10.4. The van der Waals surface area contributed by atoms with Gasteiger partial charge in [-0.25, -0.2) is 0 Å². The van der Waals surface area contributed by atoms with Crippen LogP contribution in [0.25, 0.3) is 0 Å². The van der Waals surface area contributed by atoms with E-state index in [1.165, 1.54) is 5.56 Å². The van der Waals surface area contributed by atoms with Crippen LogP contribution in [-0.2, 0) is 0 Å². The SMILES string of the molecule is CCCN1C[C@@H](CF)[C@H](c2ccc(N)cc2)C1. The number of halogens is 1. The summed E-state index contributed by atoms with van der Waals surface area (Å²) in [5.41, 5.74) is 7.68. The van der Waals surface area contributed by atoms with Crippen molar-refractivity contribution >= 4 is 5.69 Å². The summed E-state index contributed by atoms with van der Waals surface area (Å²) in [7, 11) is 0. The van der Waals surface area contributed by atoms with E-state index in [0.29, 0.717) is 5.92 Å². The number of rotatable bonds is 4. The van der Waals surface area contributed by atoms with Gasteiger partial charge in [0.1, 0.15) is 0 Å². The lowest BCUT2D eigenvalue weighted by Crippen LogP contribution is -2.21. The predicted octanol–water partition coefficient (Wildman–Crippen LogP) is 2.66. The molecular weight excluding hydrogens is 215 g/mol. The molecule has 2 N–H and O–H groups in total. The Hall–Kier alpha value is -1.09. The molecule has 94 valence electrons. The van der Waals surface area contributed by atoms with Gasteiger partial charge in [0.2, 0.25) is 0 Å². The van der Waals surface area contributed by atoms with Crippen LogP contribution in [0.2, 0.25) is 0 Å². The van der Waals surface area contributed by atoms with E-state index in [1.807, 2.05) is 24.3 Å². The molecule has 0 amide bonds. The molecule has 0 aromatic heterocycles. The van der Waals surface area contributed by atoms with Gasteiger partial charge in [-0.1, -0.05) is 19.1 Å². The number of nitrogens with zero attached hydrogens (tertiary/aromatic N) is 1. The Morgan fingerprint density at radius 1 is 1.29 bits per heavy atom. The molecule has 1 aliphatic rings. The van der Waals surface area contributed by atoms with Gasteiger partial charge in [0.05, 0.1) is 6.67 Å². The maximum absolute atomic E-state index is 13.1. The summed E-state index contributed by atoms with van der Waals surface area (Å²) in [5, 5.41) is 0. The average molecular weight is 236 g/mol. The Kier molecular flexibility index (Phi) is 4.00. The van der Waals surface area contributed by atoms with E-state index >= 15 is 0 Å². The number of hydrogen-bond donors (Lipinski definition) is 1. The molecule has 2 nitrogen and oxygen atoms in total. The number of nitrogens with two attached hydrogens (primary N) is 1. The Labute approximate surface area is 103 Å². The number of alkyl halides is 1. The lowest BCUT2D eigenvalue weighted by Gasteiger charge is -2.16. The molecule has 0 bridgehead atoms. The summed E-state index contributed by atoms with van der Waals surface area (Å²) >= 11 is 0. The molecular formula is C14H21FN2. The molecule has 2 rings (SSSR count). The first-order chi connectivity index (χ1) is 8.24. The molecule has 1 aromatic carbocycles. The quantitative estimate of drug-likeness (QED) is 0.814. The molecule has 1 saturated heterocycles. The van der Waals surface area contributed by atoms with Crippen LogP contribution >= 0.6 is 0 Å². The molecule has 17 heavy (non-hydrogen) atoms. The Balaban J connectivity index is 2.11. The van der Waals surface area contributed by atoms with Crippen LogP contribution in [0, 0.1) is 5.92 Å². The summed E-state index contributed by atoms with van der Waals surface area (Å²) in [6.45, 7) is 4.88. The number of benzene rings is 1. The predicted molar refractivity (Wildman–Crippen MR) is 69.8 cm³/mol. The van der Waals surface area contributed by atoms with E-state index in [1.54, 1.807) is 0 Å². The van der Waals surface area contributed by atoms with Gasteiger partial charge in [0, 0.05) is 30.6 Å². The van der Waals surface area contributed by atoms with E-state index in [9.17, 15) is 4.39 Å². The van der Waals surface area contributed by atoms with Gasteiger partial charge in [-0.2, -0.15) is 0 Å². The van der Waals surface area contributed by atoms with Crippen LogP contribution in [0.1, 0.15) is 24.8 Å². The van der Waals surface area contributed by atoms with Gasteiger partial charge < -0.3 is 10.6 Å². The van der Waals surface area contributed by atoms with Crippen molar-refractivity contribution in [1.82, 2.24) is 4.90 Å². The maximum Gasteiger partial charge on any atom is 0.0941 e. The third kappa shape index (κ3) is 2.78. The van der Waals surface area contributed by atoms with E-state index in [-0.39, 0.29) is 12.6 Å². The number of likely N-dealkylation sites (tertiary alicyclic amines) is 1. The minimum Gasteiger partial charge on any atom is -0.399 e. The van der Waals surface area contributed by atoms with Gasteiger partial charge in [-0.15, -0.1) is 0 Å². The normalized spacial score (nSPS) is 25.3. The third-order valence-corrected chi connectivity index (χ3v) is 3.62. The Morgan fingerprint density at radius 2 is 2.00 bits per heavy atom. The van der Waals surface area contributed by atoms with Crippen LogP contribution < -0.4 is 5.73 Å². The standard InChI is InChI=1S/C14H21FN2/c1-2-7-17-9-12(8-15)14(10-17)11-3-5-13(16)6-4-11/h3-6,12,14H,2,7-10,16H2,1H3/t12-,14+/m1/s1. The second-order valence-corrected chi connectivity index (χ2v) is 4.95. The first-order valence-corrected chi connectivity index (χ1v) is 6.38. The van der Waals surface area contributed by atoms with Crippen molar-refractivity contribution in [3.63, 3.8) is 0 Å². The molecule has 0 unspecified atom stereocenters. The molecule has 0 saturated carbocycles. The monoisotopic (exact) mass is 236 g/mol. The van der Waals surface area contributed by atoms with Crippen LogP contribution in [-0.4, -0.2) is 31.2 Å². The number of hydrogen-bond acceptors (Lipinski definition) is 2. The van der Waals surface area contributed by atoms with E-state index in [2.05, 4.69) is 11.8 Å². The molecule has 3 heteroatoms. The molecule has 0 spiro atoms. The van der Waals surface area contributed by atoms with Crippen LogP contribution in [0.3, 0.4) is 0 Å². The average Bonchev–Trinajstić information content (AvgIpc) is 2.74. The molecule has 2 atom stereocenters. The van der Waals surface area contributed by atoms with E-state index in [4.69, 9.17) is 5.73 Å². The topological polar surface area (TPSA) is 29.3 Å². The van der Waals surface area contributed by atoms with Crippen molar-refractivity contribution in [3.8, 4) is 0 Å². The highest BCUT2D eigenvalue weighted by Gasteiger charge is 2.33. The summed E-state index contributed by atoms with van der Waals surface area (Å²) < 4.78 is 13.1. The molecule has 1 fully saturated rings. The first kappa shape index (κ1) is 12.4. The summed E-state index contributed by atoms with van der Waals surface area (Å²) in [6.07, 6.45) is 1.13. The van der Waals surface area contributed by atoms with E-state index in [0.717, 1.165) is 31.7 Å². The zero-order valence-corrected chi connectivity index (χ0v) is 10.4. The fraction of sp³-hybridized carbons (Fsp3) is 0.571. The highest BCUT2D eigenvalue weighted by molar-refractivity contribution is 5.40. The van der Waals surface area contributed by atoms with Gasteiger partial charge in [-0.3, -0.25) is 4.39 Å². The summed E-state index contributed by atoms with van der Waals surface area (Å²) in [5.74, 6) is 0.470. The van der Waals surface area contributed by atoms with Crippen molar-refractivity contribution in [2.24, 2.45) is 5.92 Å². The van der Waals surface area contributed by atoms with Crippen molar-refractivity contribution < 1.29 is 4.39 Å². The van der Waals surface area contributed by atoms with Crippen molar-refractivity contribution in [1.29, 1.82) is 0 Å². The number of nitrogen functional groups attached to an aromatic ring is 1. The maximum atomic E-state index is 13.1. The largest absolute Gasteiger partial charge is 0.399 e. The first-order valence-electron chi connectivity index (χ1n) is 6.38. The molecule has 1 heterocycles. The van der Waals surface area contributed by atoms with Crippen molar-refractivity contribution in [3.05, 3.63) is 29.8 Å². The smallest absolute Gasteiger partial charge is 0.0941 e. The lowest BCUT2D eigenvalue weighted by atomic mass is 9.90. The van der Waals surface area contributed by atoms with Gasteiger partial charge >= 0.3 is 0 Å². The van der Waals surface area contributed by atoms with E-state index < -0.39 is 0 Å². The lowest BCUT2D eigenvalue weighted by molar-refractivity contribution is 0.302. The highest BCUT2D eigenvalue weighted by atomic mass is 19.1. The highest BCUT2D eigenvalue weighted by Crippen LogP contribution is 2.33. The van der Waals surface area contributed by atoms with Crippen LogP contribution in [0.15, 0.2) is 24.3 Å². The second kappa shape index (κ2) is 5.50. The third-order valence-electron chi connectivity index (χ3n) is 3.62. The Morgan fingerprint density at radius 3 is 2.59 bits per heavy atom. The Bertz CT molecular complexity index is 350. The summed E-state index contributed by atoms with van der Waals surface area (Å²) in [6, 6.07) is 7.90. The fourth-order valence-electron chi connectivity index (χ4n) is 2.74. The van der Waals surface area contributed by atoms with Crippen molar-refractivity contribution in [2.45, 2.75) is 19.3 Å². The molecule has 0 radical (unpaired) electrons. The fourth-order valence-corrected chi connectivity index (χ4v) is 2.74. The van der Waals surface area contributed by atoms with Crippen molar-refractivity contribution in [2.75, 3.05) is 32.0 Å². The molecule has 1 aromatic rings. The second-order valence-electron chi connectivity index (χ2n) is 4.95.